The van der Waals surface area contributed by atoms with Crippen LogP contribution in [0.15, 0.2) is 47.4 Å². The van der Waals surface area contributed by atoms with Gasteiger partial charge in [0.2, 0.25) is 0 Å². The van der Waals surface area contributed by atoms with E-state index in [-0.39, 0.29) is 21.9 Å². The van der Waals surface area contributed by atoms with Crippen LogP contribution in [0.2, 0.25) is 0 Å². The van der Waals surface area contributed by atoms with Gasteiger partial charge in [-0.05, 0) is 30.9 Å². The molecule has 0 spiro atoms. The number of nitrogens with one attached hydrogen (secondary N) is 1. The van der Waals surface area contributed by atoms with E-state index in [0.29, 0.717) is 50.5 Å². The molecule has 0 aromatic heterocycles. The van der Waals surface area contributed by atoms with Gasteiger partial charge in [0.05, 0.1) is 21.3 Å². The molecular weight excluding hydrogens is 444 g/mol. The summed E-state index contributed by atoms with van der Waals surface area (Å²) in [6.45, 7) is 3.24. The molecule has 1 amide bonds. The third-order valence-electron chi connectivity index (χ3n) is 6.14. The third-order valence-corrected chi connectivity index (χ3v) is 7.85. The summed E-state index contributed by atoms with van der Waals surface area (Å²) in [4.78, 5) is 28.0. The molecule has 176 valence electrons. The lowest BCUT2D eigenvalue weighted by molar-refractivity contribution is -0.385. The van der Waals surface area contributed by atoms with Crippen LogP contribution in [0.5, 0.6) is 0 Å². The Bertz CT molecular complexity index is 1130. The van der Waals surface area contributed by atoms with Crippen LogP contribution in [0.25, 0.3) is 0 Å². The van der Waals surface area contributed by atoms with Crippen molar-refractivity contribution in [3.8, 4) is 0 Å². The van der Waals surface area contributed by atoms with Crippen molar-refractivity contribution >= 4 is 27.1 Å². The van der Waals surface area contributed by atoms with Crippen molar-refractivity contribution in [1.29, 1.82) is 0 Å². The van der Waals surface area contributed by atoms with Crippen molar-refractivity contribution in [2.75, 3.05) is 44.2 Å². The molecule has 0 atom stereocenters. The van der Waals surface area contributed by atoms with Gasteiger partial charge in [0.1, 0.15) is 5.56 Å². The Morgan fingerprint density at radius 2 is 1.67 bits per heavy atom. The number of nitro groups is 1. The largest absolute Gasteiger partial charge is 0.370 e. The standard InChI is InChI=1S/C23H28N4O5S/c28-23(26-13-9-24-10-14-26)19-15-22(33(31,32)17-18-7-3-1-4-8-18)21(16-20(19)27(29)30)25-11-5-2-6-12-25/h1,3-4,7-8,15-16,24H,2,5-6,9-14,17H2. The van der Waals surface area contributed by atoms with Crippen LogP contribution in [-0.4, -0.2) is 63.4 Å². The zero-order valence-corrected chi connectivity index (χ0v) is 19.2. The second-order valence-corrected chi connectivity index (χ2v) is 10.4. The number of anilines is 1. The molecule has 9 nitrogen and oxygen atoms in total. The second-order valence-electron chi connectivity index (χ2n) is 8.43. The maximum atomic E-state index is 13.6. The number of carbonyl (C=O) groups excluding carboxylic acids is 1. The average Bonchev–Trinajstić information content (AvgIpc) is 2.84. The zero-order valence-electron chi connectivity index (χ0n) is 18.4. The molecule has 2 heterocycles. The van der Waals surface area contributed by atoms with Gasteiger partial charge in [-0.2, -0.15) is 0 Å². The monoisotopic (exact) mass is 472 g/mol. The minimum absolute atomic E-state index is 0.0164. The van der Waals surface area contributed by atoms with Gasteiger partial charge < -0.3 is 15.1 Å². The topological polar surface area (TPSA) is 113 Å². The Balaban J connectivity index is 1.84. The lowest BCUT2D eigenvalue weighted by Gasteiger charge is -2.31. The van der Waals surface area contributed by atoms with Crippen molar-refractivity contribution in [2.24, 2.45) is 0 Å². The molecule has 33 heavy (non-hydrogen) atoms. The molecule has 0 bridgehead atoms. The lowest BCUT2D eigenvalue weighted by Crippen LogP contribution is -2.46. The lowest BCUT2D eigenvalue weighted by atomic mass is 10.1. The number of rotatable bonds is 6. The summed E-state index contributed by atoms with van der Waals surface area (Å²) in [5.41, 5.74) is 0.414. The third kappa shape index (κ3) is 5.17. The summed E-state index contributed by atoms with van der Waals surface area (Å²) in [5, 5.41) is 15.1. The maximum absolute atomic E-state index is 13.6. The van der Waals surface area contributed by atoms with E-state index in [1.54, 1.807) is 24.3 Å². The van der Waals surface area contributed by atoms with Gasteiger partial charge in [0.25, 0.3) is 11.6 Å². The van der Waals surface area contributed by atoms with E-state index in [1.165, 1.54) is 17.0 Å². The number of carbonyl (C=O) groups is 1. The maximum Gasteiger partial charge on any atom is 0.284 e. The van der Waals surface area contributed by atoms with Crippen molar-refractivity contribution in [2.45, 2.75) is 29.9 Å². The fraction of sp³-hybridized carbons (Fsp3) is 0.435. The number of amides is 1. The minimum atomic E-state index is -3.87. The van der Waals surface area contributed by atoms with E-state index in [0.717, 1.165) is 19.3 Å². The normalized spacial score (nSPS) is 17.1. The van der Waals surface area contributed by atoms with Gasteiger partial charge in [0, 0.05) is 45.3 Å². The van der Waals surface area contributed by atoms with Gasteiger partial charge in [-0.15, -0.1) is 0 Å². The fourth-order valence-corrected chi connectivity index (χ4v) is 6.01. The Kier molecular flexibility index (Phi) is 6.94. The van der Waals surface area contributed by atoms with Crippen LogP contribution in [0.3, 0.4) is 0 Å². The molecule has 0 radical (unpaired) electrons. The van der Waals surface area contributed by atoms with E-state index < -0.39 is 20.7 Å². The van der Waals surface area contributed by atoms with Crippen molar-refractivity contribution in [3.63, 3.8) is 0 Å². The quantitative estimate of drug-likeness (QED) is 0.508. The first kappa shape index (κ1) is 23.2. The van der Waals surface area contributed by atoms with E-state index in [9.17, 15) is 23.3 Å². The molecule has 0 aliphatic carbocycles. The highest BCUT2D eigenvalue weighted by Crippen LogP contribution is 2.36. The Morgan fingerprint density at radius 1 is 1.00 bits per heavy atom. The minimum Gasteiger partial charge on any atom is -0.370 e. The number of piperazine rings is 1. The number of piperidine rings is 1. The molecule has 4 rings (SSSR count). The van der Waals surface area contributed by atoms with Crippen molar-refractivity contribution in [3.05, 3.63) is 63.7 Å². The first-order chi connectivity index (χ1) is 15.9. The smallest absolute Gasteiger partial charge is 0.284 e. The van der Waals surface area contributed by atoms with Gasteiger partial charge in [0.15, 0.2) is 9.84 Å². The fourth-order valence-electron chi connectivity index (χ4n) is 4.42. The van der Waals surface area contributed by atoms with Gasteiger partial charge in [-0.1, -0.05) is 30.3 Å². The van der Waals surface area contributed by atoms with Gasteiger partial charge >= 0.3 is 0 Å². The second kappa shape index (κ2) is 9.88. The van der Waals surface area contributed by atoms with Crippen LogP contribution in [0.4, 0.5) is 11.4 Å². The number of hydrogen-bond donors (Lipinski definition) is 1. The van der Waals surface area contributed by atoms with Crippen LogP contribution in [0.1, 0.15) is 35.2 Å². The molecule has 0 saturated carbocycles. The number of benzene rings is 2. The highest BCUT2D eigenvalue weighted by atomic mass is 32.2. The number of nitrogens with zero attached hydrogens (tertiary/aromatic N) is 3. The Hall–Kier alpha value is -2.98. The van der Waals surface area contributed by atoms with E-state index >= 15 is 0 Å². The molecule has 2 aromatic rings. The molecule has 2 saturated heterocycles. The van der Waals surface area contributed by atoms with E-state index in [1.807, 2.05) is 11.0 Å². The number of nitro benzene ring substituents is 1. The van der Waals surface area contributed by atoms with Gasteiger partial charge in [-0.3, -0.25) is 14.9 Å². The summed E-state index contributed by atoms with van der Waals surface area (Å²) >= 11 is 0. The van der Waals surface area contributed by atoms with E-state index in [2.05, 4.69) is 5.32 Å². The van der Waals surface area contributed by atoms with E-state index in [4.69, 9.17) is 0 Å². The first-order valence-corrected chi connectivity index (χ1v) is 12.9. The first-order valence-electron chi connectivity index (χ1n) is 11.2. The summed E-state index contributed by atoms with van der Waals surface area (Å²) in [6, 6.07) is 11.3. The number of hydrogen-bond acceptors (Lipinski definition) is 7. The SMILES string of the molecule is O=C(c1cc(S(=O)(=O)Cc2ccccc2)c(N2CCCCC2)cc1[N+](=O)[O-])N1CCNCC1. The molecular formula is C23H28N4O5S. The molecule has 2 fully saturated rings. The Morgan fingerprint density at radius 3 is 2.30 bits per heavy atom. The van der Waals surface area contributed by atoms with Gasteiger partial charge in [-0.25, -0.2) is 8.42 Å². The molecule has 2 aromatic carbocycles. The molecule has 0 unspecified atom stereocenters. The zero-order chi connectivity index (χ0) is 23.4. The van der Waals surface area contributed by atoms with Crippen molar-refractivity contribution < 1.29 is 18.1 Å². The molecule has 10 heteroatoms. The predicted molar refractivity (Wildman–Crippen MR) is 125 cm³/mol. The summed E-state index contributed by atoms with van der Waals surface area (Å²) in [5.74, 6) is -0.752. The van der Waals surface area contributed by atoms with Crippen LogP contribution in [-0.2, 0) is 15.6 Å². The summed E-state index contributed by atoms with van der Waals surface area (Å²) < 4.78 is 27.1. The van der Waals surface area contributed by atoms with Crippen molar-refractivity contribution in [1.82, 2.24) is 10.2 Å². The van der Waals surface area contributed by atoms with Crippen LogP contribution >= 0.6 is 0 Å². The average molecular weight is 473 g/mol. The molecule has 2 aliphatic heterocycles. The summed E-state index contributed by atoms with van der Waals surface area (Å²) in [6.07, 6.45) is 2.80. The Labute approximate surface area is 193 Å². The highest BCUT2D eigenvalue weighted by Gasteiger charge is 2.33. The number of sulfone groups is 1. The van der Waals surface area contributed by atoms with Crippen LogP contribution in [0, 0.1) is 10.1 Å². The molecule has 1 N–H and O–H groups in total. The summed E-state index contributed by atoms with van der Waals surface area (Å²) in [7, 11) is -3.87. The highest BCUT2D eigenvalue weighted by molar-refractivity contribution is 7.90. The predicted octanol–water partition coefficient (Wildman–Crippen LogP) is 2.60. The molecule has 2 aliphatic rings. The van der Waals surface area contributed by atoms with Crippen LogP contribution < -0.4 is 10.2 Å².